The molecule has 2 aromatic carbocycles. The van der Waals surface area contributed by atoms with Crippen molar-refractivity contribution in [1.82, 2.24) is 4.90 Å². The summed E-state index contributed by atoms with van der Waals surface area (Å²) in [4.78, 5) is 15.3. The molecule has 1 heterocycles. The average molecular weight is 562 g/mol. The SMILES string of the molecule is CCCCOc1ccc(S(=O)(=O)C2(C(=O)OCC)CCN(Cc3ccc(Cl)c(Cl)c3)CC2)cc1.NO. The van der Waals surface area contributed by atoms with Gasteiger partial charge in [0, 0.05) is 19.6 Å². The van der Waals surface area contributed by atoms with Crippen LogP contribution in [0.2, 0.25) is 10.0 Å². The maximum atomic E-state index is 13.8. The lowest BCUT2D eigenvalue weighted by Crippen LogP contribution is -2.54. The average Bonchev–Trinajstić information content (AvgIpc) is 2.88. The van der Waals surface area contributed by atoms with Crippen LogP contribution in [0.1, 0.15) is 45.1 Å². The number of nitrogens with two attached hydrogens (primary N) is 1. The molecule has 1 fully saturated rings. The van der Waals surface area contributed by atoms with Crippen LogP contribution in [0.15, 0.2) is 47.4 Å². The van der Waals surface area contributed by atoms with Gasteiger partial charge in [-0.05, 0) is 68.1 Å². The maximum absolute atomic E-state index is 13.8. The smallest absolute Gasteiger partial charge is 0.327 e. The number of halogens is 2. The first-order valence-corrected chi connectivity index (χ1v) is 14.0. The first kappa shape index (κ1) is 30.3. The number of unbranched alkanes of at least 4 members (excludes halogenated alkanes) is 1. The molecule has 36 heavy (non-hydrogen) atoms. The molecule has 8 nitrogen and oxygen atoms in total. The van der Waals surface area contributed by atoms with E-state index in [4.69, 9.17) is 37.9 Å². The number of hydrogen-bond donors (Lipinski definition) is 2. The molecular weight excluding hydrogens is 527 g/mol. The first-order valence-electron chi connectivity index (χ1n) is 11.8. The molecule has 2 aromatic rings. The number of rotatable bonds is 10. The fourth-order valence-electron chi connectivity index (χ4n) is 4.09. The van der Waals surface area contributed by atoms with Gasteiger partial charge in [0.1, 0.15) is 5.75 Å². The summed E-state index contributed by atoms with van der Waals surface area (Å²) in [6.07, 6.45) is 2.22. The van der Waals surface area contributed by atoms with Gasteiger partial charge >= 0.3 is 5.97 Å². The van der Waals surface area contributed by atoms with Crippen LogP contribution in [0.3, 0.4) is 0 Å². The third kappa shape index (κ3) is 7.12. The molecular formula is C25H34Cl2N2O6S. The highest BCUT2D eigenvalue weighted by Crippen LogP contribution is 2.38. The number of carbonyl (C=O) groups is 1. The summed E-state index contributed by atoms with van der Waals surface area (Å²) >= 11 is 12.1. The Hall–Kier alpha value is -1.88. The van der Waals surface area contributed by atoms with Crippen LogP contribution in [0.5, 0.6) is 5.75 Å². The fraction of sp³-hybridized carbons (Fsp3) is 0.480. The van der Waals surface area contributed by atoms with Crippen LogP contribution in [-0.4, -0.2) is 55.5 Å². The van der Waals surface area contributed by atoms with Crippen LogP contribution < -0.4 is 10.6 Å². The summed E-state index contributed by atoms with van der Waals surface area (Å²) < 4.78 is 36.8. The first-order chi connectivity index (χ1) is 17.2. The van der Waals surface area contributed by atoms with Crippen molar-refractivity contribution in [1.29, 1.82) is 0 Å². The molecule has 1 aliphatic rings. The van der Waals surface area contributed by atoms with E-state index in [9.17, 15) is 13.2 Å². The van der Waals surface area contributed by atoms with Crippen molar-refractivity contribution in [3.05, 3.63) is 58.1 Å². The number of piperidine rings is 1. The Labute approximate surface area is 223 Å². The van der Waals surface area contributed by atoms with Gasteiger partial charge in [-0.1, -0.05) is 42.6 Å². The quantitative estimate of drug-likeness (QED) is 0.239. The molecule has 0 aromatic heterocycles. The molecule has 1 saturated heterocycles. The van der Waals surface area contributed by atoms with E-state index in [2.05, 4.69) is 17.7 Å². The van der Waals surface area contributed by atoms with Gasteiger partial charge in [-0.25, -0.2) is 14.3 Å². The highest BCUT2D eigenvalue weighted by Gasteiger charge is 2.54. The van der Waals surface area contributed by atoms with Gasteiger partial charge in [-0.2, -0.15) is 0 Å². The van der Waals surface area contributed by atoms with Gasteiger partial charge in [0.15, 0.2) is 14.6 Å². The number of nitrogens with zero attached hydrogens (tertiary/aromatic N) is 1. The minimum absolute atomic E-state index is 0.0985. The summed E-state index contributed by atoms with van der Waals surface area (Å²) in [6.45, 7) is 5.88. The Morgan fingerprint density at radius 3 is 2.25 bits per heavy atom. The molecule has 11 heteroatoms. The van der Waals surface area contributed by atoms with Crippen molar-refractivity contribution in [3.8, 4) is 5.75 Å². The minimum Gasteiger partial charge on any atom is -0.494 e. The Balaban J connectivity index is 0.00000222. The Morgan fingerprint density at radius 1 is 1.06 bits per heavy atom. The van der Waals surface area contributed by atoms with Crippen LogP contribution in [0.4, 0.5) is 0 Å². The predicted molar refractivity (Wildman–Crippen MR) is 140 cm³/mol. The molecule has 0 radical (unpaired) electrons. The number of likely N-dealkylation sites (tertiary alicyclic amines) is 1. The molecule has 0 atom stereocenters. The Kier molecular flexibility index (Phi) is 11.9. The highest BCUT2D eigenvalue weighted by atomic mass is 35.5. The van der Waals surface area contributed by atoms with E-state index in [-0.39, 0.29) is 24.3 Å². The highest BCUT2D eigenvalue weighted by molar-refractivity contribution is 7.93. The number of carbonyl (C=O) groups excluding carboxylic acids is 1. The number of sulfone groups is 1. The van der Waals surface area contributed by atoms with Crippen molar-refractivity contribution in [2.75, 3.05) is 26.3 Å². The van der Waals surface area contributed by atoms with Crippen molar-refractivity contribution < 1.29 is 27.9 Å². The normalized spacial score (nSPS) is 15.5. The monoisotopic (exact) mass is 560 g/mol. The number of esters is 1. The fourth-order valence-corrected chi connectivity index (χ4v) is 6.35. The van der Waals surface area contributed by atoms with E-state index >= 15 is 0 Å². The lowest BCUT2D eigenvalue weighted by molar-refractivity contribution is -0.147. The van der Waals surface area contributed by atoms with E-state index in [1.54, 1.807) is 31.2 Å². The van der Waals surface area contributed by atoms with E-state index in [1.807, 2.05) is 6.07 Å². The van der Waals surface area contributed by atoms with Crippen molar-refractivity contribution >= 4 is 39.0 Å². The second kappa shape index (κ2) is 14.2. The van der Waals surface area contributed by atoms with Crippen molar-refractivity contribution in [3.63, 3.8) is 0 Å². The van der Waals surface area contributed by atoms with Gasteiger partial charge in [0.05, 0.1) is 28.2 Å². The molecule has 0 saturated carbocycles. The second-order valence-electron chi connectivity index (χ2n) is 8.42. The maximum Gasteiger partial charge on any atom is 0.327 e. The van der Waals surface area contributed by atoms with Crippen LogP contribution in [0, 0.1) is 0 Å². The third-order valence-corrected chi connectivity index (χ3v) is 9.35. The van der Waals surface area contributed by atoms with Crippen LogP contribution in [0.25, 0.3) is 0 Å². The van der Waals surface area contributed by atoms with Crippen LogP contribution in [-0.2, 0) is 25.9 Å². The van der Waals surface area contributed by atoms with Gasteiger partial charge in [0.25, 0.3) is 0 Å². The van der Waals surface area contributed by atoms with Crippen LogP contribution >= 0.6 is 23.2 Å². The van der Waals surface area contributed by atoms with Gasteiger partial charge < -0.3 is 14.7 Å². The Bertz CT molecular complexity index is 1090. The molecule has 1 aliphatic heterocycles. The van der Waals surface area contributed by atoms with Crippen molar-refractivity contribution in [2.45, 2.75) is 55.7 Å². The lowest BCUT2D eigenvalue weighted by Gasteiger charge is -2.39. The standard InChI is InChI=1S/C25H31Cl2NO5S.H3NO/c1-3-5-16-33-20-7-9-21(10-8-20)34(30,31)25(24(29)32-4-2)12-14-28(15-13-25)18-19-6-11-22(26)23(27)17-19;1-2/h6-11,17H,3-5,12-16,18H2,1-2H3;2H,1H2. The molecule has 200 valence electrons. The number of benzene rings is 2. The topological polar surface area (TPSA) is 119 Å². The molecule has 0 spiro atoms. The van der Waals surface area contributed by atoms with Crippen molar-refractivity contribution in [2.24, 2.45) is 5.90 Å². The number of ether oxygens (including phenoxy) is 2. The second-order valence-corrected chi connectivity index (χ2v) is 11.5. The Morgan fingerprint density at radius 2 is 1.69 bits per heavy atom. The zero-order chi connectivity index (χ0) is 26.8. The largest absolute Gasteiger partial charge is 0.494 e. The number of hydrogen-bond acceptors (Lipinski definition) is 8. The molecule has 0 unspecified atom stereocenters. The van der Waals surface area contributed by atoms with E-state index in [0.29, 0.717) is 42.0 Å². The summed E-state index contributed by atoms with van der Waals surface area (Å²) in [5, 5.41) is 7.46. The summed E-state index contributed by atoms with van der Waals surface area (Å²) in [6, 6.07) is 11.7. The predicted octanol–water partition coefficient (Wildman–Crippen LogP) is 4.88. The van der Waals surface area contributed by atoms with Gasteiger partial charge in [-0.15, -0.1) is 0 Å². The zero-order valence-corrected chi connectivity index (χ0v) is 22.9. The molecule has 0 bridgehead atoms. The summed E-state index contributed by atoms with van der Waals surface area (Å²) in [7, 11) is -3.99. The van der Waals surface area contributed by atoms with E-state index < -0.39 is 20.6 Å². The molecule has 0 aliphatic carbocycles. The molecule has 3 N–H and O–H groups in total. The zero-order valence-electron chi connectivity index (χ0n) is 20.6. The van der Waals surface area contributed by atoms with E-state index in [0.717, 1.165) is 18.4 Å². The molecule has 3 rings (SSSR count). The summed E-state index contributed by atoms with van der Waals surface area (Å²) in [5.74, 6) is 3.42. The third-order valence-electron chi connectivity index (χ3n) is 6.12. The molecule has 0 amide bonds. The van der Waals surface area contributed by atoms with E-state index in [1.165, 1.54) is 12.1 Å². The summed E-state index contributed by atoms with van der Waals surface area (Å²) in [5.41, 5.74) is 0.972. The van der Waals surface area contributed by atoms with Gasteiger partial charge in [0.2, 0.25) is 0 Å². The van der Waals surface area contributed by atoms with Gasteiger partial charge in [-0.3, -0.25) is 9.69 Å². The minimum atomic E-state index is -3.99. The lowest BCUT2D eigenvalue weighted by atomic mass is 9.95.